The molecule has 0 radical (unpaired) electrons. The fourth-order valence-electron chi connectivity index (χ4n) is 1.58. The molecule has 0 atom stereocenters. The molecule has 0 spiro atoms. The van der Waals surface area contributed by atoms with Crippen LogP contribution in [-0.4, -0.2) is 14.8 Å². The Morgan fingerprint density at radius 3 is 2.65 bits per heavy atom. The highest BCUT2D eigenvalue weighted by Crippen LogP contribution is 2.12. The van der Waals surface area contributed by atoms with E-state index in [9.17, 15) is 0 Å². The van der Waals surface area contributed by atoms with Crippen molar-refractivity contribution in [3.8, 4) is 0 Å². The second kappa shape index (κ2) is 5.48. The highest BCUT2D eigenvalue weighted by atomic mass is 127. The van der Waals surface area contributed by atoms with Gasteiger partial charge in [0, 0.05) is 15.3 Å². The Morgan fingerprint density at radius 2 is 2.00 bits per heavy atom. The second-order valence-electron chi connectivity index (χ2n) is 4.08. The van der Waals surface area contributed by atoms with Gasteiger partial charge in [0.2, 0.25) is 0 Å². The van der Waals surface area contributed by atoms with E-state index in [1.165, 1.54) is 3.57 Å². The third kappa shape index (κ3) is 3.18. The minimum absolute atomic E-state index is 0.339. The van der Waals surface area contributed by atoms with E-state index in [2.05, 4.69) is 76.1 Å². The molecule has 0 saturated carbocycles. The maximum absolute atomic E-state index is 4.26. The van der Waals surface area contributed by atoms with Crippen LogP contribution in [0.25, 0.3) is 0 Å². The van der Waals surface area contributed by atoms with Crippen molar-refractivity contribution in [3.63, 3.8) is 0 Å². The van der Waals surface area contributed by atoms with Crippen molar-refractivity contribution in [2.75, 3.05) is 5.32 Å². The number of halogens is 1. The molecule has 4 nitrogen and oxygen atoms in total. The van der Waals surface area contributed by atoms with Gasteiger partial charge in [0.25, 0.3) is 0 Å². The van der Waals surface area contributed by atoms with Crippen LogP contribution in [0.4, 0.5) is 5.69 Å². The lowest BCUT2D eigenvalue weighted by Gasteiger charge is -2.10. The fourth-order valence-corrected chi connectivity index (χ4v) is 1.94. The van der Waals surface area contributed by atoms with Gasteiger partial charge in [-0.25, -0.2) is 9.67 Å². The van der Waals surface area contributed by atoms with Crippen LogP contribution in [0.3, 0.4) is 0 Å². The van der Waals surface area contributed by atoms with E-state index in [0.717, 1.165) is 11.5 Å². The summed E-state index contributed by atoms with van der Waals surface area (Å²) >= 11 is 2.30. The van der Waals surface area contributed by atoms with Crippen LogP contribution in [0.5, 0.6) is 0 Å². The molecule has 0 fully saturated rings. The maximum atomic E-state index is 4.26. The molecular weight excluding hydrogens is 327 g/mol. The third-order valence-electron chi connectivity index (χ3n) is 2.43. The number of nitrogens with zero attached hydrogens (tertiary/aromatic N) is 3. The summed E-state index contributed by atoms with van der Waals surface area (Å²) < 4.78 is 3.16. The normalized spacial score (nSPS) is 10.8. The van der Waals surface area contributed by atoms with Crippen molar-refractivity contribution in [1.82, 2.24) is 14.8 Å². The Bertz CT molecular complexity index is 476. The number of rotatable bonds is 4. The molecule has 90 valence electrons. The van der Waals surface area contributed by atoms with Gasteiger partial charge < -0.3 is 5.32 Å². The number of anilines is 1. The van der Waals surface area contributed by atoms with E-state index < -0.39 is 0 Å². The van der Waals surface area contributed by atoms with E-state index in [0.29, 0.717) is 12.6 Å². The molecule has 0 unspecified atom stereocenters. The average Bonchev–Trinajstić information content (AvgIpc) is 2.76. The van der Waals surface area contributed by atoms with Crippen LogP contribution in [0.15, 0.2) is 30.6 Å². The molecule has 0 bridgehead atoms. The van der Waals surface area contributed by atoms with Crippen molar-refractivity contribution in [1.29, 1.82) is 0 Å². The lowest BCUT2D eigenvalue weighted by molar-refractivity contribution is 0.509. The van der Waals surface area contributed by atoms with Gasteiger partial charge in [-0.3, -0.25) is 0 Å². The summed E-state index contributed by atoms with van der Waals surface area (Å²) in [6.45, 7) is 4.89. The highest BCUT2D eigenvalue weighted by molar-refractivity contribution is 14.1. The standard InChI is InChI=1S/C12H15IN4/c1-9(2)17-12(15-8-16-17)7-14-11-5-3-10(13)4-6-11/h3-6,8-9,14H,7H2,1-2H3. The van der Waals surface area contributed by atoms with Gasteiger partial charge in [0.05, 0.1) is 6.54 Å². The predicted molar refractivity (Wildman–Crippen MR) is 76.9 cm³/mol. The van der Waals surface area contributed by atoms with Crippen LogP contribution < -0.4 is 5.32 Å². The molecule has 2 aromatic rings. The zero-order valence-corrected chi connectivity index (χ0v) is 12.0. The van der Waals surface area contributed by atoms with Crippen molar-refractivity contribution in [2.45, 2.75) is 26.4 Å². The van der Waals surface area contributed by atoms with Gasteiger partial charge in [-0.15, -0.1) is 0 Å². The van der Waals surface area contributed by atoms with Crippen molar-refractivity contribution in [3.05, 3.63) is 40.0 Å². The molecular formula is C12H15IN4. The summed E-state index contributed by atoms with van der Waals surface area (Å²) in [4.78, 5) is 4.26. The number of benzene rings is 1. The van der Waals surface area contributed by atoms with E-state index >= 15 is 0 Å². The summed E-state index contributed by atoms with van der Waals surface area (Å²) in [7, 11) is 0. The first-order valence-electron chi connectivity index (χ1n) is 5.54. The van der Waals surface area contributed by atoms with Gasteiger partial charge in [-0.2, -0.15) is 5.10 Å². The zero-order chi connectivity index (χ0) is 12.3. The Hall–Kier alpha value is -1.11. The molecule has 0 aliphatic rings. The SMILES string of the molecule is CC(C)n1ncnc1CNc1ccc(I)cc1. The number of hydrogen-bond acceptors (Lipinski definition) is 3. The van der Waals surface area contributed by atoms with E-state index in [4.69, 9.17) is 0 Å². The lowest BCUT2D eigenvalue weighted by atomic mass is 10.3. The first kappa shape index (κ1) is 12.3. The van der Waals surface area contributed by atoms with Crippen LogP contribution in [0.1, 0.15) is 25.7 Å². The van der Waals surface area contributed by atoms with Crippen molar-refractivity contribution >= 4 is 28.3 Å². The van der Waals surface area contributed by atoms with Gasteiger partial charge in [0.15, 0.2) is 0 Å². The molecule has 2 rings (SSSR count). The average molecular weight is 342 g/mol. The van der Waals surface area contributed by atoms with Gasteiger partial charge in [0.1, 0.15) is 12.2 Å². The third-order valence-corrected chi connectivity index (χ3v) is 3.15. The molecule has 1 aromatic carbocycles. The minimum atomic E-state index is 0.339. The largest absolute Gasteiger partial charge is 0.378 e. The van der Waals surface area contributed by atoms with Crippen molar-refractivity contribution in [2.24, 2.45) is 0 Å². The van der Waals surface area contributed by atoms with Gasteiger partial charge in [-0.05, 0) is 60.7 Å². The summed E-state index contributed by atoms with van der Waals surface area (Å²) in [5.41, 5.74) is 1.10. The van der Waals surface area contributed by atoms with Crippen LogP contribution in [0.2, 0.25) is 0 Å². The maximum Gasteiger partial charge on any atom is 0.146 e. The Kier molecular flexibility index (Phi) is 3.98. The molecule has 17 heavy (non-hydrogen) atoms. The van der Waals surface area contributed by atoms with Crippen LogP contribution in [-0.2, 0) is 6.54 Å². The summed E-state index contributed by atoms with van der Waals surface area (Å²) in [5, 5.41) is 7.55. The fraction of sp³-hybridized carbons (Fsp3) is 0.333. The first-order chi connectivity index (χ1) is 8.16. The summed E-state index contributed by atoms with van der Waals surface area (Å²) in [5.74, 6) is 0.957. The number of nitrogens with one attached hydrogen (secondary N) is 1. The Labute approximate surface area is 115 Å². The van der Waals surface area contributed by atoms with E-state index in [1.807, 2.05) is 4.68 Å². The molecule has 0 saturated heterocycles. The highest BCUT2D eigenvalue weighted by Gasteiger charge is 2.06. The first-order valence-corrected chi connectivity index (χ1v) is 6.62. The molecule has 0 aliphatic carbocycles. The van der Waals surface area contributed by atoms with Crippen LogP contribution in [0, 0.1) is 3.57 Å². The van der Waals surface area contributed by atoms with Gasteiger partial charge in [-0.1, -0.05) is 0 Å². The number of hydrogen-bond donors (Lipinski definition) is 1. The summed E-state index contributed by atoms with van der Waals surface area (Å²) in [6, 6.07) is 8.63. The number of aromatic nitrogens is 3. The molecule has 0 amide bonds. The van der Waals surface area contributed by atoms with Crippen LogP contribution >= 0.6 is 22.6 Å². The summed E-state index contributed by atoms with van der Waals surface area (Å²) in [6.07, 6.45) is 1.60. The second-order valence-corrected chi connectivity index (χ2v) is 5.32. The quantitative estimate of drug-likeness (QED) is 0.869. The van der Waals surface area contributed by atoms with E-state index in [-0.39, 0.29) is 0 Å². The smallest absolute Gasteiger partial charge is 0.146 e. The molecule has 1 aromatic heterocycles. The topological polar surface area (TPSA) is 42.7 Å². The lowest BCUT2D eigenvalue weighted by Crippen LogP contribution is -2.11. The molecule has 1 N–H and O–H groups in total. The molecule has 5 heteroatoms. The monoisotopic (exact) mass is 342 g/mol. The molecule has 1 heterocycles. The van der Waals surface area contributed by atoms with E-state index in [1.54, 1.807) is 6.33 Å². The zero-order valence-electron chi connectivity index (χ0n) is 9.89. The Balaban J connectivity index is 2.02. The minimum Gasteiger partial charge on any atom is -0.378 e. The molecule has 0 aliphatic heterocycles. The van der Waals surface area contributed by atoms with Crippen molar-refractivity contribution < 1.29 is 0 Å². The Morgan fingerprint density at radius 1 is 1.29 bits per heavy atom. The predicted octanol–water partition coefficient (Wildman–Crippen LogP) is 3.08. The van der Waals surface area contributed by atoms with Gasteiger partial charge >= 0.3 is 0 Å².